The molecule has 0 saturated carbocycles. The van der Waals surface area contributed by atoms with E-state index in [4.69, 9.17) is 0 Å². The Labute approximate surface area is 213 Å². The SMILES string of the molecule is C=C/C=C(\C=C/C)c1cc(C(=O)O)nc2c1ccc1c(-c3ccccc3)cc(CO)nc12.CC.CC. The molecule has 0 aliphatic heterocycles. The normalized spacial score (nSPS) is 11.0. The number of aromatic nitrogens is 2. The summed E-state index contributed by atoms with van der Waals surface area (Å²) in [6.45, 7) is 13.4. The molecular weight excluding hydrogens is 448 g/mol. The summed E-state index contributed by atoms with van der Waals surface area (Å²) >= 11 is 0. The molecule has 0 saturated heterocycles. The van der Waals surface area contributed by atoms with Crippen molar-refractivity contribution in [3.8, 4) is 11.1 Å². The molecule has 0 unspecified atom stereocenters. The van der Waals surface area contributed by atoms with Gasteiger partial charge in [0.25, 0.3) is 0 Å². The lowest BCUT2D eigenvalue weighted by Gasteiger charge is -2.14. The Hall–Kier alpha value is -4.09. The highest BCUT2D eigenvalue weighted by Crippen LogP contribution is 2.35. The molecule has 5 heteroatoms. The van der Waals surface area contributed by atoms with Gasteiger partial charge in [-0.05, 0) is 41.3 Å². The van der Waals surface area contributed by atoms with Crippen molar-refractivity contribution < 1.29 is 15.0 Å². The van der Waals surface area contributed by atoms with Crippen molar-refractivity contribution in [2.75, 3.05) is 0 Å². The van der Waals surface area contributed by atoms with Gasteiger partial charge in [-0.15, -0.1) is 0 Å². The standard InChI is InChI=1S/C27H22N2O3.2C2H6/c1-3-8-17(9-4-2)23-15-24(27(31)32)29-26-21(23)13-12-20-22(18-10-6-5-7-11-18)14-19(16-30)28-25(20)26;2*1-2/h3-15,30H,1,16H2,2H3,(H,31,32);2*1-2H3/b9-4-,17-8+;;. The van der Waals surface area contributed by atoms with E-state index in [1.54, 1.807) is 12.1 Å². The van der Waals surface area contributed by atoms with Gasteiger partial charge in [0.2, 0.25) is 0 Å². The van der Waals surface area contributed by atoms with Crippen molar-refractivity contribution in [3.63, 3.8) is 0 Å². The zero-order chi connectivity index (χ0) is 26.7. The first-order chi connectivity index (χ1) is 17.6. The van der Waals surface area contributed by atoms with E-state index in [1.165, 1.54) is 0 Å². The Kier molecular flexibility index (Phi) is 10.7. The summed E-state index contributed by atoms with van der Waals surface area (Å²) in [7, 11) is 0. The Bertz CT molecular complexity index is 1400. The summed E-state index contributed by atoms with van der Waals surface area (Å²) in [4.78, 5) is 21.0. The Morgan fingerprint density at radius 1 is 0.944 bits per heavy atom. The van der Waals surface area contributed by atoms with Gasteiger partial charge in [-0.3, -0.25) is 0 Å². The second kappa shape index (κ2) is 13.7. The van der Waals surface area contributed by atoms with E-state index in [0.717, 1.165) is 33.0 Å². The lowest BCUT2D eigenvalue weighted by molar-refractivity contribution is 0.0691. The number of carboxylic acid groups (broad SMARTS) is 1. The molecule has 0 atom stereocenters. The monoisotopic (exact) mass is 482 g/mol. The van der Waals surface area contributed by atoms with E-state index in [-0.39, 0.29) is 12.3 Å². The number of aliphatic hydroxyl groups is 1. The third-order valence-electron chi connectivity index (χ3n) is 5.23. The van der Waals surface area contributed by atoms with Gasteiger partial charge in [0, 0.05) is 10.8 Å². The zero-order valence-corrected chi connectivity index (χ0v) is 21.6. The Morgan fingerprint density at radius 3 is 2.17 bits per heavy atom. The number of carbonyl (C=O) groups is 1. The highest BCUT2D eigenvalue weighted by Gasteiger charge is 2.17. The Balaban J connectivity index is 0.00000109. The number of hydrogen-bond donors (Lipinski definition) is 2. The fourth-order valence-corrected chi connectivity index (χ4v) is 3.86. The number of aromatic carboxylic acids is 1. The van der Waals surface area contributed by atoms with E-state index in [9.17, 15) is 15.0 Å². The molecule has 0 aliphatic rings. The van der Waals surface area contributed by atoms with Crippen LogP contribution in [0, 0.1) is 0 Å². The lowest BCUT2D eigenvalue weighted by Crippen LogP contribution is -2.04. The van der Waals surface area contributed by atoms with Crippen molar-refractivity contribution in [1.29, 1.82) is 0 Å². The molecule has 0 fully saturated rings. The average Bonchev–Trinajstić information content (AvgIpc) is 2.94. The molecule has 36 heavy (non-hydrogen) atoms. The van der Waals surface area contributed by atoms with Crippen LogP contribution in [0.3, 0.4) is 0 Å². The smallest absolute Gasteiger partial charge is 0.354 e. The molecule has 0 amide bonds. The highest BCUT2D eigenvalue weighted by atomic mass is 16.4. The minimum atomic E-state index is -1.12. The number of pyridine rings is 2. The number of aliphatic hydroxyl groups excluding tert-OH is 1. The van der Waals surface area contributed by atoms with Crippen molar-refractivity contribution in [1.82, 2.24) is 9.97 Å². The molecule has 2 aromatic heterocycles. The van der Waals surface area contributed by atoms with Crippen LogP contribution in [-0.2, 0) is 6.61 Å². The fraction of sp³-hybridized carbons (Fsp3) is 0.194. The third kappa shape index (κ3) is 5.93. The number of benzene rings is 2. The van der Waals surface area contributed by atoms with Gasteiger partial charge in [0.15, 0.2) is 0 Å². The molecule has 4 rings (SSSR count). The topological polar surface area (TPSA) is 83.3 Å². The van der Waals surface area contributed by atoms with Gasteiger partial charge in [-0.25, -0.2) is 14.8 Å². The van der Waals surface area contributed by atoms with E-state index in [2.05, 4.69) is 16.5 Å². The van der Waals surface area contributed by atoms with Gasteiger partial charge in [-0.2, -0.15) is 0 Å². The van der Waals surface area contributed by atoms with E-state index in [0.29, 0.717) is 16.7 Å². The number of carboxylic acids is 1. The van der Waals surface area contributed by atoms with Crippen LogP contribution in [0.1, 0.15) is 56.4 Å². The van der Waals surface area contributed by atoms with E-state index in [1.807, 2.05) is 101 Å². The minimum absolute atomic E-state index is 0.0723. The second-order valence-corrected chi connectivity index (χ2v) is 7.26. The second-order valence-electron chi connectivity index (χ2n) is 7.26. The third-order valence-corrected chi connectivity index (χ3v) is 5.23. The Morgan fingerprint density at radius 2 is 1.58 bits per heavy atom. The first-order valence-corrected chi connectivity index (χ1v) is 12.2. The van der Waals surface area contributed by atoms with Gasteiger partial charge in [-0.1, -0.05) is 101 Å². The zero-order valence-electron chi connectivity index (χ0n) is 21.6. The van der Waals surface area contributed by atoms with Crippen molar-refractivity contribution in [3.05, 3.63) is 102 Å². The van der Waals surface area contributed by atoms with Crippen LogP contribution in [0.25, 0.3) is 38.5 Å². The molecule has 5 nitrogen and oxygen atoms in total. The minimum Gasteiger partial charge on any atom is -0.477 e. The number of fused-ring (bicyclic) bond motifs is 3. The van der Waals surface area contributed by atoms with Crippen LogP contribution in [0.15, 0.2) is 85.5 Å². The van der Waals surface area contributed by atoms with Crippen molar-refractivity contribution >= 4 is 33.3 Å². The first kappa shape index (κ1) is 28.1. The largest absolute Gasteiger partial charge is 0.477 e. The summed E-state index contributed by atoms with van der Waals surface area (Å²) in [6.07, 6.45) is 7.29. The number of rotatable bonds is 6. The molecule has 4 aromatic rings. The van der Waals surface area contributed by atoms with E-state index < -0.39 is 5.97 Å². The van der Waals surface area contributed by atoms with Crippen molar-refractivity contribution in [2.45, 2.75) is 41.2 Å². The number of nitrogens with zero attached hydrogens (tertiary/aromatic N) is 2. The highest BCUT2D eigenvalue weighted by molar-refractivity contribution is 6.12. The quantitative estimate of drug-likeness (QED) is 0.216. The van der Waals surface area contributed by atoms with Crippen LogP contribution in [0.5, 0.6) is 0 Å². The first-order valence-electron chi connectivity index (χ1n) is 12.2. The van der Waals surface area contributed by atoms with Gasteiger partial charge in [0.05, 0.1) is 23.3 Å². The van der Waals surface area contributed by atoms with Crippen LogP contribution in [0.4, 0.5) is 0 Å². The number of allylic oxidation sites excluding steroid dienone is 5. The number of hydrogen-bond acceptors (Lipinski definition) is 4. The van der Waals surface area contributed by atoms with Gasteiger partial charge >= 0.3 is 5.97 Å². The maximum atomic E-state index is 11.9. The molecule has 0 radical (unpaired) electrons. The van der Waals surface area contributed by atoms with Gasteiger partial charge in [0.1, 0.15) is 5.69 Å². The summed E-state index contributed by atoms with van der Waals surface area (Å²) in [6, 6.07) is 17.2. The van der Waals surface area contributed by atoms with Crippen LogP contribution in [0.2, 0.25) is 0 Å². The van der Waals surface area contributed by atoms with Crippen LogP contribution >= 0.6 is 0 Å². The predicted octanol–water partition coefficient (Wildman–Crippen LogP) is 7.84. The molecular formula is C31H34N2O3. The van der Waals surface area contributed by atoms with Gasteiger partial charge < -0.3 is 10.2 Å². The molecule has 0 aliphatic carbocycles. The van der Waals surface area contributed by atoms with E-state index >= 15 is 0 Å². The summed E-state index contributed by atoms with van der Waals surface area (Å²) in [5.41, 5.74) is 4.87. The maximum Gasteiger partial charge on any atom is 0.354 e. The summed E-state index contributed by atoms with van der Waals surface area (Å²) < 4.78 is 0. The summed E-state index contributed by atoms with van der Waals surface area (Å²) in [5.74, 6) is -1.12. The van der Waals surface area contributed by atoms with Crippen molar-refractivity contribution in [2.24, 2.45) is 0 Å². The molecule has 2 heterocycles. The average molecular weight is 483 g/mol. The fourth-order valence-electron chi connectivity index (χ4n) is 3.86. The molecule has 2 aromatic carbocycles. The molecule has 0 bridgehead atoms. The molecule has 2 N–H and O–H groups in total. The molecule has 0 spiro atoms. The summed E-state index contributed by atoms with van der Waals surface area (Å²) in [5, 5.41) is 21.2. The maximum absolute atomic E-state index is 11.9. The van der Waals surface area contributed by atoms with Crippen LogP contribution < -0.4 is 0 Å². The molecule has 186 valence electrons. The van der Waals surface area contributed by atoms with Crippen LogP contribution in [-0.4, -0.2) is 26.2 Å². The lowest BCUT2D eigenvalue weighted by atomic mass is 9.95. The predicted molar refractivity (Wildman–Crippen MR) is 151 cm³/mol.